The topological polar surface area (TPSA) is 55.4 Å². The van der Waals surface area contributed by atoms with Crippen LogP contribution in [0.4, 0.5) is 4.79 Å². The fourth-order valence-corrected chi connectivity index (χ4v) is 3.72. The second-order valence-electron chi connectivity index (χ2n) is 6.72. The lowest BCUT2D eigenvalue weighted by atomic mass is 9.98. The van der Waals surface area contributed by atoms with Crippen LogP contribution in [0.25, 0.3) is 11.1 Å². The third kappa shape index (κ3) is 4.17. The van der Waals surface area contributed by atoms with Crippen molar-refractivity contribution in [3.8, 4) is 11.1 Å². The summed E-state index contributed by atoms with van der Waals surface area (Å²) in [6.45, 7) is 0.0530. The van der Waals surface area contributed by atoms with Gasteiger partial charge in [-0.3, -0.25) is 4.79 Å². The molecule has 0 saturated heterocycles. The Balaban J connectivity index is 1.49. The van der Waals surface area contributed by atoms with Crippen molar-refractivity contribution in [3.63, 3.8) is 0 Å². The summed E-state index contributed by atoms with van der Waals surface area (Å²) in [6.07, 6.45) is -3.10. The number of alkyl carbamates (subject to hydrolysis) is 1. The number of fused-ring (bicyclic) bond motifs is 3. The SMILES string of the molecule is [2H]C([2H])(c1ccccc1)C(NC(=O)OCC1c2ccccc2-c2ccccc21)C(=O)Cl. The second-order valence-corrected chi connectivity index (χ2v) is 7.09. The first kappa shape index (κ1) is 16.8. The molecule has 1 N–H and O–H groups in total. The zero-order valence-corrected chi connectivity index (χ0v) is 16.2. The fraction of sp³-hybridized carbons (Fsp3) is 0.167. The van der Waals surface area contributed by atoms with E-state index in [1.807, 2.05) is 48.5 Å². The first-order valence-electron chi connectivity index (χ1n) is 10.3. The van der Waals surface area contributed by atoms with Crippen LogP contribution in [0.1, 0.15) is 25.3 Å². The molecule has 3 aromatic rings. The van der Waals surface area contributed by atoms with E-state index >= 15 is 0 Å². The summed E-state index contributed by atoms with van der Waals surface area (Å²) in [4.78, 5) is 24.4. The molecule has 0 aliphatic heterocycles. The van der Waals surface area contributed by atoms with E-state index in [-0.39, 0.29) is 18.1 Å². The van der Waals surface area contributed by atoms with Crippen molar-refractivity contribution in [3.05, 3.63) is 95.6 Å². The zero-order chi connectivity index (χ0) is 22.0. The first-order chi connectivity index (χ1) is 14.9. The van der Waals surface area contributed by atoms with Gasteiger partial charge in [-0.25, -0.2) is 4.79 Å². The molecule has 3 aromatic carbocycles. The van der Waals surface area contributed by atoms with E-state index in [0.717, 1.165) is 22.3 Å². The third-order valence-electron chi connectivity index (χ3n) is 4.92. The van der Waals surface area contributed by atoms with Crippen molar-refractivity contribution < 1.29 is 17.1 Å². The fourth-order valence-electron chi connectivity index (χ4n) is 3.61. The summed E-state index contributed by atoms with van der Waals surface area (Å²) in [5, 5.41) is 1.30. The Morgan fingerprint density at radius 2 is 1.48 bits per heavy atom. The maximum Gasteiger partial charge on any atom is 0.407 e. The van der Waals surface area contributed by atoms with Gasteiger partial charge in [0.15, 0.2) is 0 Å². The molecule has 1 amide bonds. The van der Waals surface area contributed by atoms with Gasteiger partial charge in [-0.05, 0) is 39.4 Å². The summed E-state index contributed by atoms with van der Waals surface area (Å²) in [5.41, 5.74) is 4.54. The van der Waals surface area contributed by atoms with Crippen LogP contribution in [0.3, 0.4) is 0 Å². The maximum absolute atomic E-state index is 12.5. The summed E-state index contributed by atoms with van der Waals surface area (Å²) in [6, 6.07) is 22.4. The van der Waals surface area contributed by atoms with Gasteiger partial charge in [0.1, 0.15) is 12.6 Å². The highest BCUT2D eigenvalue weighted by atomic mass is 35.5. The normalized spacial score (nSPS) is 14.8. The first-order valence-corrected chi connectivity index (χ1v) is 9.64. The monoisotopic (exact) mass is 407 g/mol. The average Bonchev–Trinajstić information content (AvgIpc) is 3.10. The van der Waals surface area contributed by atoms with Crippen LogP contribution in [0, 0.1) is 0 Å². The van der Waals surface area contributed by atoms with Crippen LogP contribution in [0.5, 0.6) is 0 Å². The summed E-state index contributed by atoms with van der Waals surface area (Å²) >= 11 is 5.63. The van der Waals surface area contributed by atoms with Gasteiger partial charge in [0.2, 0.25) is 5.24 Å². The van der Waals surface area contributed by atoms with E-state index in [2.05, 4.69) is 5.32 Å². The minimum atomic E-state index is -2.20. The van der Waals surface area contributed by atoms with Crippen molar-refractivity contribution in [2.24, 2.45) is 0 Å². The van der Waals surface area contributed by atoms with Crippen LogP contribution in [0.2, 0.25) is 0 Å². The van der Waals surface area contributed by atoms with Crippen LogP contribution in [0.15, 0.2) is 78.9 Å². The van der Waals surface area contributed by atoms with Gasteiger partial charge in [0.25, 0.3) is 0 Å². The minimum absolute atomic E-state index is 0.0530. The highest BCUT2D eigenvalue weighted by molar-refractivity contribution is 6.64. The molecule has 0 heterocycles. The Hall–Kier alpha value is -3.11. The van der Waals surface area contributed by atoms with Gasteiger partial charge in [-0.15, -0.1) is 0 Å². The average molecular weight is 408 g/mol. The number of carbonyl (C=O) groups is 2. The van der Waals surface area contributed by atoms with Crippen molar-refractivity contribution in [1.29, 1.82) is 0 Å². The molecule has 29 heavy (non-hydrogen) atoms. The van der Waals surface area contributed by atoms with Gasteiger partial charge < -0.3 is 10.1 Å². The maximum atomic E-state index is 12.5. The third-order valence-corrected chi connectivity index (χ3v) is 5.14. The molecule has 146 valence electrons. The van der Waals surface area contributed by atoms with E-state index in [4.69, 9.17) is 19.1 Å². The second kappa shape index (κ2) is 8.50. The number of benzene rings is 3. The molecule has 1 aliphatic rings. The van der Waals surface area contributed by atoms with Crippen LogP contribution >= 0.6 is 11.6 Å². The summed E-state index contributed by atoms with van der Waals surface area (Å²) < 4.78 is 22.1. The Labute approximate surface area is 177 Å². The molecule has 5 heteroatoms. The smallest absolute Gasteiger partial charge is 0.407 e. The number of hydrogen-bond donors (Lipinski definition) is 1. The largest absolute Gasteiger partial charge is 0.449 e. The Morgan fingerprint density at radius 1 is 0.931 bits per heavy atom. The number of carbonyl (C=O) groups excluding carboxylic acids is 2. The lowest BCUT2D eigenvalue weighted by Gasteiger charge is -2.17. The van der Waals surface area contributed by atoms with Crippen molar-refractivity contribution in [2.75, 3.05) is 6.61 Å². The van der Waals surface area contributed by atoms with Crippen molar-refractivity contribution >= 4 is 22.9 Å². The van der Waals surface area contributed by atoms with Gasteiger partial charge in [0.05, 0.1) is 0 Å². The van der Waals surface area contributed by atoms with E-state index in [1.165, 1.54) is 12.1 Å². The Morgan fingerprint density at radius 3 is 2.07 bits per heavy atom. The molecule has 1 aliphatic carbocycles. The van der Waals surface area contributed by atoms with E-state index in [1.54, 1.807) is 18.2 Å². The summed E-state index contributed by atoms with van der Waals surface area (Å²) in [7, 11) is 0. The molecule has 0 radical (unpaired) electrons. The number of ether oxygens (including phenoxy) is 1. The predicted octanol–water partition coefficient (Wildman–Crippen LogP) is 4.90. The van der Waals surface area contributed by atoms with E-state index in [9.17, 15) is 9.59 Å². The van der Waals surface area contributed by atoms with Gasteiger partial charge in [0, 0.05) is 15.0 Å². The lowest BCUT2D eigenvalue weighted by Crippen LogP contribution is -2.41. The summed E-state index contributed by atoms with van der Waals surface area (Å²) in [5.74, 6) is -0.144. The predicted molar refractivity (Wildman–Crippen MR) is 113 cm³/mol. The number of rotatable bonds is 6. The molecule has 0 fully saturated rings. The van der Waals surface area contributed by atoms with Crippen LogP contribution < -0.4 is 5.32 Å². The molecule has 1 unspecified atom stereocenters. The number of hydrogen-bond acceptors (Lipinski definition) is 3. The van der Waals surface area contributed by atoms with Crippen molar-refractivity contribution in [1.82, 2.24) is 5.32 Å². The highest BCUT2D eigenvalue weighted by Gasteiger charge is 2.29. The number of amides is 1. The van der Waals surface area contributed by atoms with Gasteiger partial charge in [-0.2, -0.15) is 0 Å². The molecule has 1 atom stereocenters. The molecule has 0 saturated carbocycles. The van der Waals surface area contributed by atoms with E-state index in [0.29, 0.717) is 0 Å². The highest BCUT2D eigenvalue weighted by Crippen LogP contribution is 2.44. The standard InChI is InChI=1S/C24H20ClNO3/c25-23(27)22(14-16-8-2-1-3-9-16)26-24(28)29-15-21-19-12-6-4-10-17(19)18-11-5-7-13-20(18)21/h1-13,21-22H,14-15H2,(H,26,28)/i14D2. The van der Waals surface area contributed by atoms with Crippen LogP contribution in [-0.2, 0) is 15.9 Å². The molecule has 4 nitrogen and oxygen atoms in total. The molecular weight excluding hydrogens is 386 g/mol. The van der Waals surface area contributed by atoms with E-state index < -0.39 is 23.8 Å². The number of nitrogens with one attached hydrogen (secondary N) is 1. The lowest BCUT2D eigenvalue weighted by molar-refractivity contribution is -0.113. The molecule has 0 aromatic heterocycles. The van der Waals surface area contributed by atoms with Gasteiger partial charge in [-0.1, -0.05) is 78.9 Å². The number of halogens is 1. The molecule has 4 rings (SSSR count). The van der Waals surface area contributed by atoms with Gasteiger partial charge >= 0.3 is 6.09 Å². The minimum Gasteiger partial charge on any atom is -0.449 e. The Bertz CT molecular complexity index is 1080. The van der Waals surface area contributed by atoms with Crippen molar-refractivity contribution in [2.45, 2.75) is 18.3 Å². The molecule has 0 bridgehead atoms. The molecular formula is C24H20ClNO3. The van der Waals surface area contributed by atoms with Crippen LogP contribution in [-0.4, -0.2) is 24.0 Å². The Kier molecular flexibility index (Phi) is 4.92. The molecule has 0 spiro atoms. The zero-order valence-electron chi connectivity index (χ0n) is 17.5. The quantitative estimate of drug-likeness (QED) is 0.591.